The molecule has 0 bridgehead atoms. The molecule has 3 N–H and O–H groups in total. The molecule has 6 heterocycles. The van der Waals surface area contributed by atoms with Crippen molar-refractivity contribution in [3.05, 3.63) is 90.3 Å². The van der Waals surface area contributed by atoms with Gasteiger partial charge in [-0.1, -0.05) is 0 Å². The first-order chi connectivity index (χ1) is 17.3. The minimum Gasteiger partial charge on any atom is -1.00 e. The third-order valence-corrected chi connectivity index (χ3v) is 5.16. The van der Waals surface area contributed by atoms with Crippen LogP contribution in [0.2, 0.25) is 0 Å². The van der Waals surface area contributed by atoms with Crippen molar-refractivity contribution < 1.29 is 69.9 Å². The number of hydrogen-bond acceptors (Lipinski definition) is 9. The summed E-state index contributed by atoms with van der Waals surface area (Å²) in [5.74, 6) is 0.688. The molecule has 0 fully saturated rings. The number of nitrogens with zero attached hydrogens (tertiary/aromatic N) is 6. The summed E-state index contributed by atoms with van der Waals surface area (Å²) in [6, 6.07) is 15.7. The maximum atomic E-state index is 9.38. The van der Waals surface area contributed by atoms with Gasteiger partial charge in [0.05, 0.1) is 16.2 Å². The Balaban J connectivity index is 0.000000543. The van der Waals surface area contributed by atoms with Crippen LogP contribution in [0.15, 0.2) is 73.2 Å². The molecule has 0 saturated carbocycles. The monoisotopic (exact) mass is 637 g/mol. The van der Waals surface area contributed by atoms with Crippen LogP contribution >= 0.6 is 0 Å². The van der Waals surface area contributed by atoms with Crippen molar-refractivity contribution in [1.29, 1.82) is 0 Å². The van der Waals surface area contributed by atoms with E-state index in [1.54, 1.807) is 36.8 Å². The molecule has 1 radical (unpaired) electrons. The maximum Gasteiger partial charge on any atom is 3.00 e. The van der Waals surface area contributed by atoms with E-state index < -0.39 is 0 Å². The van der Waals surface area contributed by atoms with Crippen molar-refractivity contribution in [2.75, 3.05) is 0 Å². The van der Waals surface area contributed by atoms with Crippen LogP contribution in [0.1, 0.15) is 17.1 Å². The molecule has 6 rings (SSSR count). The molecule has 0 amide bonds. The number of pyridine rings is 6. The molecule has 207 valence electrons. The molecule has 40 heavy (non-hydrogen) atoms. The predicted molar refractivity (Wildman–Crippen MR) is 138 cm³/mol. The first-order valence-corrected chi connectivity index (χ1v) is 11.1. The van der Waals surface area contributed by atoms with Gasteiger partial charge in [0.15, 0.2) is 16.9 Å². The second-order valence-corrected chi connectivity index (χ2v) is 7.96. The number of fused-ring (bicyclic) bond motifs is 3. The van der Waals surface area contributed by atoms with Gasteiger partial charge in [-0.15, -0.1) is 0 Å². The largest absolute Gasteiger partial charge is 3.00 e. The van der Waals surface area contributed by atoms with Crippen LogP contribution in [0.3, 0.4) is 0 Å². The maximum absolute atomic E-state index is 9.38. The SMILES string of the molecule is Cc1ccc2c(O)ccnc2n1.Cc1ccc2c(O)ccnc2n1.Cc1ccc2c(O)ccnc2n1.[Cl-].[Cl-].[Cl-].[Cr+3]. The molecule has 6 aromatic rings. The zero-order valence-electron chi connectivity index (χ0n) is 21.5. The minimum atomic E-state index is 0. The van der Waals surface area contributed by atoms with Gasteiger partial charge in [-0.3, -0.25) is 0 Å². The second-order valence-electron chi connectivity index (χ2n) is 7.96. The van der Waals surface area contributed by atoms with Crippen molar-refractivity contribution in [2.45, 2.75) is 20.8 Å². The third kappa shape index (κ3) is 9.02. The summed E-state index contributed by atoms with van der Waals surface area (Å²) in [6.07, 6.45) is 4.64. The second kappa shape index (κ2) is 16.6. The van der Waals surface area contributed by atoms with E-state index in [-0.39, 0.29) is 71.8 Å². The zero-order chi connectivity index (χ0) is 25.7. The van der Waals surface area contributed by atoms with Gasteiger partial charge in [0.1, 0.15) is 17.2 Å². The van der Waals surface area contributed by atoms with E-state index >= 15 is 0 Å². The van der Waals surface area contributed by atoms with Gasteiger partial charge in [0.2, 0.25) is 0 Å². The topological polar surface area (TPSA) is 138 Å². The zero-order valence-corrected chi connectivity index (χ0v) is 25.0. The summed E-state index contributed by atoms with van der Waals surface area (Å²) in [6.45, 7) is 5.68. The molecule has 13 heteroatoms. The molecule has 0 saturated heterocycles. The van der Waals surface area contributed by atoms with Crippen LogP contribution in [-0.2, 0) is 17.4 Å². The Morgan fingerprint density at radius 3 is 0.925 bits per heavy atom. The van der Waals surface area contributed by atoms with E-state index in [1.807, 2.05) is 57.2 Å². The number of hydrogen-bond donors (Lipinski definition) is 3. The fraction of sp³-hybridized carbons (Fsp3) is 0.111. The standard InChI is InChI=1S/3C9H8N2O.3ClH.Cr/c3*1-6-2-3-7-8(12)4-5-10-9(7)11-6;;;;/h3*2-5H,1H3,(H,10,11,12);3*1H;/q;;;;;;+3/p-3. The number of aromatic nitrogens is 6. The molecule has 0 unspecified atom stereocenters. The molecule has 0 aliphatic carbocycles. The van der Waals surface area contributed by atoms with E-state index in [9.17, 15) is 15.3 Å². The van der Waals surface area contributed by atoms with E-state index in [0.29, 0.717) is 33.1 Å². The number of rotatable bonds is 0. The van der Waals surface area contributed by atoms with E-state index in [1.165, 1.54) is 0 Å². The summed E-state index contributed by atoms with van der Waals surface area (Å²) in [4.78, 5) is 24.6. The summed E-state index contributed by atoms with van der Waals surface area (Å²) < 4.78 is 0. The molecular formula is C27H24Cl3CrN6O3. The Bertz CT molecular complexity index is 1500. The third-order valence-electron chi connectivity index (χ3n) is 5.16. The molecule has 0 spiro atoms. The van der Waals surface area contributed by atoms with Gasteiger partial charge >= 0.3 is 17.4 Å². The predicted octanol–water partition coefficient (Wildman–Crippen LogP) is -4.06. The molecule has 0 aliphatic rings. The fourth-order valence-corrected chi connectivity index (χ4v) is 3.33. The van der Waals surface area contributed by atoms with Crippen LogP contribution in [0.5, 0.6) is 17.2 Å². The van der Waals surface area contributed by atoms with E-state index in [2.05, 4.69) is 29.9 Å². The summed E-state index contributed by atoms with van der Waals surface area (Å²) in [5, 5.41) is 30.2. The van der Waals surface area contributed by atoms with Crippen molar-refractivity contribution in [3.8, 4) is 17.2 Å². The van der Waals surface area contributed by atoms with Crippen LogP contribution in [0.4, 0.5) is 0 Å². The Labute approximate surface area is 260 Å². The molecule has 0 aromatic carbocycles. The number of aryl methyl sites for hydroxylation is 3. The fourth-order valence-electron chi connectivity index (χ4n) is 3.33. The number of aromatic hydroxyl groups is 3. The minimum absolute atomic E-state index is 0. The molecule has 9 nitrogen and oxygen atoms in total. The average Bonchev–Trinajstić information content (AvgIpc) is 2.85. The Morgan fingerprint density at radius 2 is 0.675 bits per heavy atom. The van der Waals surface area contributed by atoms with Crippen LogP contribution < -0.4 is 37.2 Å². The summed E-state index contributed by atoms with van der Waals surface area (Å²) >= 11 is 0. The molecule has 6 aromatic heterocycles. The van der Waals surface area contributed by atoms with Gasteiger partial charge in [0, 0.05) is 35.7 Å². The van der Waals surface area contributed by atoms with Crippen molar-refractivity contribution in [1.82, 2.24) is 29.9 Å². The molecule has 0 atom stereocenters. The first kappa shape index (κ1) is 36.5. The van der Waals surface area contributed by atoms with Gasteiger partial charge in [-0.25, -0.2) is 29.9 Å². The normalized spacial score (nSPS) is 9.38. The van der Waals surface area contributed by atoms with Crippen LogP contribution in [-0.4, -0.2) is 45.2 Å². The first-order valence-electron chi connectivity index (χ1n) is 11.1. The van der Waals surface area contributed by atoms with Crippen LogP contribution in [0, 0.1) is 20.8 Å². The Hall–Kier alpha value is -3.52. The average molecular weight is 639 g/mol. The van der Waals surface area contributed by atoms with Crippen LogP contribution in [0.25, 0.3) is 33.1 Å². The van der Waals surface area contributed by atoms with E-state index in [4.69, 9.17) is 0 Å². The molecular weight excluding hydrogens is 615 g/mol. The van der Waals surface area contributed by atoms with Crippen molar-refractivity contribution >= 4 is 33.1 Å². The quantitative estimate of drug-likeness (QED) is 0.152. The number of halogens is 3. The van der Waals surface area contributed by atoms with Gasteiger partial charge in [-0.05, 0) is 75.4 Å². The summed E-state index contributed by atoms with van der Waals surface area (Å²) in [7, 11) is 0. The Kier molecular flexibility index (Phi) is 15.1. The smallest absolute Gasteiger partial charge is 1.00 e. The van der Waals surface area contributed by atoms with E-state index in [0.717, 1.165) is 17.1 Å². The van der Waals surface area contributed by atoms with Gasteiger partial charge < -0.3 is 52.5 Å². The van der Waals surface area contributed by atoms with Gasteiger partial charge in [0.25, 0.3) is 0 Å². The van der Waals surface area contributed by atoms with Gasteiger partial charge in [-0.2, -0.15) is 0 Å². The Morgan fingerprint density at radius 1 is 0.425 bits per heavy atom. The molecule has 0 aliphatic heterocycles. The van der Waals surface area contributed by atoms with Crippen molar-refractivity contribution in [3.63, 3.8) is 0 Å². The van der Waals surface area contributed by atoms with Crippen molar-refractivity contribution in [2.24, 2.45) is 0 Å². The summed E-state index contributed by atoms with van der Waals surface area (Å²) in [5.41, 5.74) is 4.49.